The highest BCUT2D eigenvalue weighted by Crippen LogP contribution is 2.69. The standard InChI is InChI=1S/C12F27N/c13-1(14,7(22,23)24)4(19,10(31,32)33)40(5(20,11(34,35)36)2(15,16)8(25,26)27)6(21,12(37,38)39)3(17,18)9(28,29)30. The van der Waals surface area contributed by atoms with Crippen LogP contribution in [0, 0.1) is 0 Å². The van der Waals surface area contributed by atoms with E-state index in [1.54, 1.807) is 0 Å². The maximum Gasteiger partial charge on any atom is 0.458 e. The molecule has 0 spiro atoms. The zero-order valence-corrected chi connectivity index (χ0v) is 16.7. The second kappa shape index (κ2) is 9.03. The Morgan fingerprint density at radius 2 is 0.325 bits per heavy atom. The molecule has 0 aliphatic rings. The van der Waals surface area contributed by atoms with Gasteiger partial charge in [0, 0.05) is 0 Å². The highest BCUT2D eigenvalue weighted by atomic mass is 19.5. The molecule has 242 valence electrons. The van der Waals surface area contributed by atoms with E-state index in [1.807, 2.05) is 0 Å². The summed E-state index contributed by atoms with van der Waals surface area (Å²) in [6.07, 6.45) is -55.6. The second-order valence-corrected chi connectivity index (χ2v) is 6.91. The van der Waals surface area contributed by atoms with E-state index < -0.39 is 77.1 Å². The molecule has 3 unspecified atom stereocenters. The third-order valence-electron chi connectivity index (χ3n) is 4.37. The number of rotatable bonds is 6. The van der Waals surface area contributed by atoms with Gasteiger partial charge in [-0.2, -0.15) is 110 Å². The minimum Gasteiger partial charge on any atom is -0.208 e. The molecule has 0 fully saturated rings. The van der Waals surface area contributed by atoms with Crippen molar-refractivity contribution in [3.63, 3.8) is 0 Å². The fourth-order valence-electron chi connectivity index (χ4n) is 2.54. The van der Waals surface area contributed by atoms with E-state index in [1.165, 1.54) is 0 Å². The number of nitrogens with zero attached hydrogens (tertiary/aromatic N) is 1. The zero-order valence-electron chi connectivity index (χ0n) is 16.7. The van der Waals surface area contributed by atoms with Gasteiger partial charge in [-0.3, -0.25) is 0 Å². The number of hydrogen-bond acceptors (Lipinski definition) is 1. The Hall–Kier alpha value is -1.93. The van der Waals surface area contributed by atoms with Crippen LogP contribution in [0.1, 0.15) is 0 Å². The summed E-state index contributed by atoms with van der Waals surface area (Å²) in [6, 6.07) is 0. The smallest absolute Gasteiger partial charge is 0.208 e. The molecule has 0 saturated heterocycles. The maximum absolute atomic E-state index is 14.6. The van der Waals surface area contributed by atoms with Gasteiger partial charge in [0.05, 0.1) is 0 Å². The minimum atomic E-state index is -10.3. The predicted molar refractivity (Wildman–Crippen MR) is 64.5 cm³/mol. The van der Waals surface area contributed by atoms with Crippen LogP contribution in [-0.4, -0.2) is 77.1 Å². The molecule has 0 aliphatic heterocycles. The lowest BCUT2D eigenvalue weighted by molar-refractivity contribution is -0.542. The summed E-state index contributed by atoms with van der Waals surface area (Å²) in [7, 11) is 0. The Bertz CT molecular complexity index is 788. The highest BCUT2D eigenvalue weighted by Gasteiger charge is 3.01. The molecule has 0 aromatic carbocycles. The first-order valence-corrected chi connectivity index (χ1v) is 8.02. The van der Waals surface area contributed by atoms with Crippen LogP contribution in [0.25, 0.3) is 0 Å². The van der Waals surface area contributed by atoms with E-state index in [9.17, 15) is 119 Å². The Balaban J connectivity index is 9.34. The highest BCUT2D eigenvalue weighted by molar-refractivity contribution is 5.20. The summed E-state index contributed by atoms with van der Waals surface area (Å²) in [5, 5.41) is 0. The molecule has 1 nitrogen and oxygen atoms in total. The molecule has 0 rings (SSSR count). The monoisotopic (exact) mass is 671 g/mol. The van der Waals surface area contributed by atoms with Gasteiger partial charge < -0.3 is 0 Å². The minimum absolute atomic E-state index is 6.58. The topological polar surface area (TPSA) is 3.24 Å². The summed E-state index contributed by atoms with van der Waals surface area (Å²) in [6.45, 7) is 0. The Morgan fingerprint density at radius 3 is 0.400 bits per heavy atom. The number of halogens is 27. The van der Waals surface area contributed by atoms with Crippen LogP contribution in [0.4, 0.5) is 119 Å². The van der Waals surface area contributed by atoms with Crippen LogP contribution in [0.2, 0.25) is 0 Å². The average molecular weight is 671 g/mol. The van der Waals surface area contributed by atoms with Crippen LogP contribution in [0.3, 0.4) is 0 Å². The second-order valence-electron chi connectivity index (χ2n) is 6.91. The van der Waals surface area contributed by atoms with Crippen molar-refractivity contribution in [3.8, 4) is 0 Å². The van der Waals surface area contributed by atoms with Crippen molar-refractivity contribution >= 4 is 0 Å². The summed E-state index contributed by atoms with van der Waals surface area (Å²) < 4.78 is 355. The molecule has 0 bridgehead atoms. The summed E-state index contributed by atoms with van der Waals surface area (Å²) in [4.78, 5) is -6.58. The lowest BCUT2D eigenvalue weighted by atomic mass is 9.88. The van der Waals surface area contributed by atoms with E-state index in [0.717, 1.165) is 0 Å². The normalized spacial score (nSPS) is 20.7. The predicted octanol–water partition coefficient (Wildman–Crippen LogP) is 8.57. The molecular formula is C12F27N. The van der Waals surface area contributed by atoms with Crippen LogP contribution in [-0.2, 0) is 0 Å². The molecule has 0 radical (unpaired) electrons. The Labute approximate surface area is 197 Å². The van der Waals surface area contributed by atoms with Gasteiger partial charge in [0.2, 0.25) is 0 Å². The largest absolute Gasteiger partial charge is 0.458 e. The molecule has 3 atom stereocenters. The van der Waals surface area contributed by atoms with Gasteiger partial charge in [-0.15, -0.1) is 0 Å². The first-order valence-electron chi connectivity index (χ1n) is 8.02. The van der Waals surface area contributed by atoms with Gasteiger partial charge >= 0.3 is 72.2 Å². The quantitative estimate of drug-likeness (QED) is 0.202. The molecular weight excluding hydrogens is 671 g/mol. The first kappa shape index (κ1) is 38.1. The maximum atomic E-state index is 14.6. The molecule has 0 aliphatic carbocycles. The SMILES string of the molecule is FC(F)(F)C(F)(F)C(F)(N(C(F)(C(F)(F)F)C(F)(F)C(F)(F)F)C(F)(C(F)(F)F)C(F)(F)C(F)(F)F)C(F)(F)F. The molecule has 0 aromatic heterocycles. The summed E-state index contributed by atoms with van der Waals surface area (Å²) in [5.74, 6) is -60.1. The van der Waals surface area contributed by atoms with E-state index >= 15 is 0 Å². The van der Waals surface area contributed by atoms with Crippen LogP contribution >= 0.6 is 0 Å². The molecule has 0 aromatic rings. The average Bonchev–Trinajstić information content (AvgIpc) is 2.61. The molecule has 0 heterocycles. The fourth-order valence-corrected chi connectivity index (χ4v) is 2.54. The molecule has 28 heteroatoms. The van der Waals surface area contributed by atoms with Crippen molar-refractivity contribution in [3.05, 3.63) is 0 Å². The van der Waals surface area contributed by atoms with Crippen molar-refractivity contribution in [1.82, 2.24) is 4.90 Å². The van der Waals surface area contributed by atoms with Crippen LogP contribution in [0.5, 0.6) is 0 Å². The fraction of sp³-hybridized carbons (Fsp3) is 1.00. The summed E-state index contributed by atoms with van der Waals surface area (Å²) >= 11 is 0. The van der Waals surface area contributed by atoms with Crippen molar-refractivity contribution in [2.24, 2.45) is 0 Å². The Kier molecular flexibility index (Phi) is 8.60. The van der Waals surface area contributed by atoms with Crippen molar-refractivity contribution in [2.75, 3.05) is 0 Å². The van der Waals surface area contributed by atoms with Gasteiger partial charge in [0.1, 0.15) is 0 Å². The Morgan fingerprint density at radius 1 is 0.200 bits per heavy atom. The summed E-state index contributed by atoms with van der Waals surface area (Å²) in [5.41, 5.74) is 0. The van der Waals surface area contributed by atoms with E-state index in [4.69, 9.17) is 0 Å². The van der Waals surface area contributed by atoms with Gasteiger partial charge in [-0.05, 0) is 0 Å². The number of alkyl halides is 27. The zero-order chi connectivity index (χ0) is 33.6. The molecule has 0 amide bonds. The van der Waals surface area contributed by atoms with Crippen molar-refractivity contribution in [1.29, 1.82) is 0 Å². The lowest BCUT2D eigenvalue weighted by Gasteiger charge is -2.56. The first-order chi connectivity index (χ1) is 16.6. The van der Waals surface area contributed by atoms with E-state index in [2.05, 4.69) is 0 Å². The molecule has 40 heavy (non-hydrogen) atoms. The van der Waals surface area contributed by atoms with Gasteiger partial charge in [-0.25, -0.2) is 13.2 Å². The third kappa shape index (κ3) is 4.71. The van der Waals surface area contributed by atoms with Crippen molar-refractivity contribution < 1.29 is 119 Å². The van der Waals surface area contributed by atoms with Crippen LogP contribution in [0.15, 0.2) is 0 Å². The lowest BCUT2D eigenvalue weighted by Crippen LogP contribution is -2.89. The van der Waals surface area contributed by atoms with E-state index in [-0.39, 0.29) is 0 Å². The van der Waals surface area contributed by atoms with Gasteiger partial charge in [0.15, 0.2) is 0 Å². The molecule has 0 saturated carbocycles. The molecule has 0 N–H and O–H groups in total. The van der Waals surface area contributed by atoms with Gasteiger partial charge in [0.25, 0.3) is 0 Å². The van der Waals surface area contributed by atoms with E-state index in [0.29, 0.717) is 0 Å². The third-order valence-corrected chi connectivity index (χ3v) is 4.37. The number of hydrogen-bond donors (Lipinski definition) is 0. The van der Waals surface area contributed by atoms with Crippen LogP contribution < -0.4 is 0 Å². The van der Waals surface area contributed by atoms with Crippen molar-refractivity contribution in [2.45, 2.75) is 72.2 Å². The van der Waals surface area contributed by atoms with Gasteiger partial charge in [-0.1, -0.05) is 0 Å².